The monoisotopic (exact) mass is 419 g/mol. The lowest BCUT2D eigenvalue weighted by molar-refractivity contribution is 0.0778. The van der Waals surface area contributed by atoms with Gasteiger partial charge in [0.25, 0.3) is 6.02 Å². The normalized spacial score (nSPS) is 19.3. The molecule has 1 spiro atoms. The van der Waals surface area contributed by atoms with Crippen LogP contribution < -0.4 is 10.5 Å². The maximum Gasteiger partial charge on any atom is 0.283 e. The molecule has 0 saturated carbocycles. The number of benzene rings is 2. The molecule has 1 atom stereocenters. The smallest absolute Gasteiger partial charge is 0.283 e. The quantitative estimate of drug-likeness (QED) is 0.652. The summed E-state index contributed by atoms with van der Waals surface area (Å²) in [4.78, 5) is 8.89. The number of aryl methyl sites for hydroxylation is 1. The van der Waals surface area contributed by atoms with Crippen molar-refractivity contribution in [2.24, 2.45) is 10.7 Å². The molecule has 3 N–H and O–H groups in total. The predicted molar refractivity (Wildman–Crippen MR) is 114 cm³/mol. The summed E-state index contributed by atoms with van der Waals surface area (Å²) >= 11 is 0. The minimum Gasteiger partial charge on any atom is -0.462 e. The van der Waals surface area contributed by atoms with Gasteiger partial charge in [0.1, 0.15) is 12.4 Å². The molecule has 0 amide bonds. The Bertz CT molecular complexity index is 1250. The van der Waals surface area contributed by atoms with Gasteiger partial charge < -0.3 is 20.3 Å². The molecule has 0 saturated heterocycles. The summed E-state index contributed by atoms with van der Waals surface area (Å²) < 4.78 is 26.7. The van der Waals surface area contributed by atoms with Gasteiger partial charge in [-0.25, -0.2) is 9.38 Å². The van der Waals surface area contributed by atoms with Gasteiger partial charge in [0, 0.05) is 29.1 Å². The Morgan fingerprint density at radius 2 is 1.90 bits per heavy atom. The second-order valence-electron chi connectivity index (χ2n) is 8.56. The first-order valence-electron chi connectivity index (χ1n) is 9.97. The molecule has 0 bridgehead atoms. The van der Waals surface area contributed by atoms with Gasteiger partial charge in [-0.3, -0.25) is 4.98 Å². The number of nitrogens with zero attached hydrogens (tertiary/aromatic N) is 2. The van der Waals surface area contributed by atoms with E-state index in [-0.39, 0.29) is 18.4 Å². The summed E-state index contributed by atoms with van der Waals surface area (Å²) in [7, 11) is 0. The van der Waals surface area contributed by atoms with E-state index in [9.17, 15) is 5.11 Å². The lowest BCUT2D eigenvalue weighted by atomic mass is 9.78. The Morgan fingerprint density at radius 3 is 2.58 bits per heavy atom. The average Bonchev–Trinajstić information content (AvgIpc) is 3.10. The summed E-state index contributed by atoms with van der Waals surface area (Å²) in [5.74, 6) is -0.0337. The Morgan fingerprint density at radius 1 is 1.10 bits per heavy atom. The van der Waals surface area contributed by atoms with Gasteiger partial charge in [-0.05, 0) is 67.8 Å². The van der Waals surface area contributed by atoms with Crippen LogP contribution in [0, 0.1) is 12.7 Å². The fourth-order valence-electron chi connectivity index (χ4n) is 4.15. The SMILES string of the molecule is Cc1cncc(-c2ccc3c(c2)[C@@]2(COC(N)=N2)c2cc(C(C)(C)O)cc(F)c2O3)c1. The predicted octanol–water partition coefficient (Wildman–Crippen LogP) is 4.12. The van der Waals surface area contributed by atoms with Gasteiger partial charge in [0.15, 0.2) is 17.1 Å². The van der Waals surface area contributed by atoms with Crippen molar-refractivity contribution in [3.05, 3.63) is 76.9 Å². The summed E-state index contributed by atoms with van der Waals surface area (Å²) in [6, 6.07) is 10.7. The van der Waals surface area contributed by atoms with Crippen LogP contribution in [0.4, 0.5) is 4.39 Å². The number of ether oxygens (including phenoxy) is 2. The van der Waals surface area contributed by atoms with Crippen LogP contribution >= 0.6 is 0 Å². The topological polar surface area (TPSA) is 90.0 Å². The molecule has 6 nitrogen and oxygen atoms in total. The van der Waals surface area contributed by atoms with Gasteiger partial charge >= 0.3 is 0 Å². The van der Waals surface area contributed by atoms with E-state index in [4.69, 9.17) is 15.2 Å². The molecule has 7 heteroatoms. The Kier molecular flexibility index (Phi) is 4.10. The number of aliphatic hydroxyl groups is 1. The van der Waals surface area contributed by atoms with Crippen molar-refractivity contribution in [1.29, 1.82) is 0 Å². The van der Waals surface area contributed by atoms with E-state index in [1.165, 1.54) is 6.07 Å². The van der Waals surface area contributed by atoms with Gasteiger partial charge in [0.2, 0.25) is 0 Å². The summed E-state index contributed by atoms with van der Waals surface area (Å²) in [6.07, 6.45) is 3.58. The summed E-state index contributed by atoms with van der Waals surface area (Å²) in [6.45, 7) is 5.28. The number of nitrogens with two attached hydrogens (primary N) is 1. The number of amidine groups is 1. The van der Waals surface area contributed by atoms with Crippen LogP contribution in [0.15, 0.2) is 53.8 Å². The molecule has 5 rings (SSSR count). The zero-order chi connectivity index (χ0) is 22.0. The number of hydrogen-bond acceptors (Lipinski definition) is 6. The molecule has 3 heterocycles. The standard InChI is InChI=1S/C24H22FN3O3/c1-13-6-15(11-27-10-13)14-4-5-20-17(7-14)24(12-30-22(26)28-24)18-8-16(23(2,3)29)9-19(25)21(18)31-20/h4-11,29H,12H2,1-3H3,(H2,26,28)/t24-/m0/s1. The molecule has 1 aromatic heterocycles. The fraction of sp³-hybridized carbons (Fsp3) is 0.250. The summed E-state index contributed by atoms with van der Waals surface area (Å²) in [5, 5.41) is 10.5. The van der Waals surface area contributed by atoms with E-state index in [2.05, 4.69) is 9.98 Å². The number of aliphatic imine (C=N–C) groups is 1. The Balaban J connectivity index is 1.76. The minimum atomic E-state index is -1.25. The van der Waals surface area contributed by atoms with Gasteiger partial charge in [0.05, 0.1) is 5.60 Å². The molecule has 0 fully saturated rings. The number of fused-ring (bicyclic) bond motifs is 4. The van der Waals surface area contributed by atoms with Crippen molar-refractivity contribution >= 4 is 6.02 Å². The van der Waals surface area contributed by atoms with Crippen molar-refractivity contribution in [1.82, 2.24) is 4.98 Å². The zero-order valence-corrected chi connectivity index (χ0v) is 17.4. The van der Waals surface area contributed by atoms with Crippen molar-refractivity contribution in [2.45, 2.75) is 31.9 Å². The van der Waals surface area contributed by atoms with E-state index in [0.29, 0.717) is 22.4 Å². The maximum atomic E-state index is 15.1. The van der Waals surface area contributed by atoms with Gasteiger partial charge in [-0.15, -0.1) is 0 Å². The van der Waals surface area contributed by atoms with Crippen molar-refractivity contribution in [3.8, 4) is 22.6 Å². The van der Waals surface area contributed by atoms with Crippen LogP contribution in [-0.2, 0) is 15.9 Å². The molecule has 2 aliphatic rings. The molecule has 158 valence electrons. The first-order valence-corrected chi connectivity index (χ1v) is 9.97. The van der Waals surface area contributed by atoms with E-state index in [1.807, 2.05) is 25.1 Å². The number of pyridine rings is 1. The highest BCUT2D eigenvalue weighted by Gasteiger charge is 2.48. The van der Waals surface area contributed by atoms with Crippen LogP contribution in [-0.4, -0.2) is 22.7 Å². The zero-order valence-electron chi connectivity index (χ0n) is 17.4. The highest BCUT2D eigenvalue weighted by molar-refractivity contribution is 5.78. The van der Waals surface area contributed by atoms with Crippen molar-refractivity contribution < 1.29 is 19.0 Å². The second kappa shape index (κ2) is 6.52. The fourth-order valence-corrected chi connectivity index (χ4v) is 4.15. The third kappa shape index (κ3) is 3.04. The molecule has 0 aliphatic carbocycles. The Hall–Kier alpha value is -3.45. The lowest BCUT2D eigenvalue weighted by Crippen LogP contribution is -2.32. The molecule has 0 unspecified atom stereocenters. The van der Waals surface area contributed by atoms with E-state index in [1.54, 1.807) is 38.4 Å². The van der Waals surface area contributed by atoms with Crippen LogP contribution in [0.25, 0.3) is 11.1 Å². The number of hydrogen-bond donors (Lipinski definition) is 2. The largest absolute Gasteiger partial charge is 0.462 e. The van der Waals surface area contributed by atoms with Gasteiger partial charge in [-0.2, -0.15) is 0 Å². The maximum absolute atomic E-state index is 15.1. The van der Waals surface area contributed by atoms with Crippen LogP contribution in [0.2, 0.25) is 0 Å². The highest BCUT2D eigenvalue weighted by atomic mass is 19.1. The van der Waals surface area contributed by atoms with Crippen LogP contribution in [0.1, 0.15) is 36.1 Å². The second-order valence-corrected chi connectivity index (χ2v) is 8.56. The minimum absolute atomic E-state index is 0.0236. The third-order valence-corrected chi connectivity index (χ3v) is 5.77. The third-order valence-electron chi connectivity index (χ3n) is 5.77. The number of rotatable bonds is 2. The van der Waals surface area contributed by atoms with E-state index in [0.717, 1.165) is 16.7 Å². The molecule has 3 aromatic rings. The van der Waals surface area contributed by atoms with Crippen molar-refractivity contribution in [2.75, 3.05) is 6.61 Å². The van der Waals surface area contributed by atoms with Crippen LogP contribution in [0.5, 0.6) is 11.5 Å². The number of aromatic nitrogens is 1. The molecule has 0 radical (unpaired) electrons. The van der Waals surface area contributed by atoms with Crippen LogP contribution in [0.3, 0.4) is 0 Å². The van der Waals surface area contributed by atoms with Crippen molar-refractivity contribution in [3.63, 3.8) is 0 Å². The van der Waals surface area contributed by atoms with E-state index < -0.39 is 17.0 Å². The number of halogens is 1. The molecule has 31 heavy (non-hydrogen) atoms. The molecular weight excluding hydrogens is 397 g/mol. The van der Waals surface area contributed by atoms with Gasteiger partial charge in [-0.1, -0.05) is 6.07 Å². The average molecular weight is 419 g/mol. The lowest BCUT2D eigenvalue weighted by Gasteiger charge is -2.35. The first kappa shape index (κ1) is 19.5. The highest BCUT2D eigenvalue weighted by Crippen LogP contribution is 2.53. The molecular formula is C24H22FN3O3. The molecule has 2 aliphatic heterocycles. The Labute approximate surface area is 179 Å². The first-order chi connectivity index (χ1) is 14.7. The summed E-state index contributed by atoms with van der Waals surface area (Å²) in [5.41, 5.74) is 8.08. The van der Waals surface area contributed by atoms with E-state index >= 15 is 4.39 Å². The molecule has 2 aromatic carbocycles.